The number of hydrogen-bond acceptors (Lipinski definition) is 4. The van der Waals surface area contributed by atoms with Crippen LogP contribution >= 0.6 is 0 Å². The molecule has 0 saturated carbocycles. The Kier molecular flexibility index (Phi) is 8.01. The molecule has 116 valence electrons. The maximum Gasteiger partial charge on any atom is 0.203 e. The Morgan fingerprint density at radius 3 is 2.05 bits per heavy atom. The van der Waals surface area contributed by atoms with Crippen LogP contribution in [0.5, 0.6) is 0 Å². The van der Waals surface area contributed by atoms with E-state index in [-0.39, 0.29) is 0 Å². The minimum absolute atomic E-state index is 0.491. The smallest absolute Gasteiger partial charge is 0.203 e. The van der Waals surface area contributed by atoms with Gasteiger partial charge in [0.15, 0.2) is 8.32 Å². The summed E-state index contributed by atoms with van der Waals surface area (Å²) in [5.41, 5.74) is 5.59. The summed E-state index contributed by atoms with van der Waals surface area (Å²) in [6.45, 7) is 16.9. The second-order valence-electron chi connectivity index (χ2n) is 6.80. The quantitative estimate of drug-likeness (QED) is 0.481. The zero-order valence-corrected chi connectivity index (χ0v) is 15.9. The van der Waals surface area contributed by atoms with E-state index in [4.69, 9.17) is 14.6 Å². The Morgan fingerprint density at radius 1 is 1.05 bits per heavy atom. The van der Waals surface area contributed by atoms with Crippen LogP contribution < -0.4 is 11.1 Å². The summed E-state index contributed by atoms with van der Waals surface area (Å²) >= 11 is 0. The number of hydrogen-bond donors (Lipinski definition) is 2. The molecule has 0 aromatic rings. The third-order valence-corrected chi connectivity index (χ3v) is 7.58. The molecule has 0 aliphatic heterocycles. The lowest BCUT2D eigenvalue weighted by Crippen LogP contribution is -2.52. The summed E-state index contributed by atoms with van der Waals surface area (Å²) in [7, 11) is -3.42. The van der Waals surface area contributed by atoms with E-state index >= 15 is 0 Å². The highest BCUT2D eigenvalue weighted by atomic mass is 28.4. The van der Waals surface area contributed by atoms with Gasteiger partial charge in [0, 0.05) is 6.17 Å². The molecule has 0 aromatic heterocycles. The minimum atomic E-state index is -1.73. The molecule has 0 aliphatic carbocycles. The van der Waals surface area contributed by atoms with E-state index in [1.807, 2.05) is 13.8 Å². The largest absolute Gasteiger partial charge is 0.392 e. The molecule has 6 heteroatoms. The molecule has 4 nitrogen and oxygen atoms in total. The fourth-order valence-electron chi connectivity index (χ4n) is 2.39. The molecule has 0 spiro atoms. The van der Waals surface area contributed by atoms with Crippen molar-refractivity contribution in [2.24, 2.45) is 5.73 Å². The number of rotatable bonds is 10. The standard InChI is InChI=1S/C13H34N2O2Si2/c1-8-15-12-19(6,7)17-13(2,3)16-18(4,5)11-9-10-14/h15H,8-12,14H2,1-7H3. The van der Waals surface area contributed by atoms with Gasteiger partial charge in [0.2, 0.25) is 8.32 Å². The van der Waals surface area contributed by atoms with Gasteiger partial charge in [-0.2, -0.15) is 0 Å². The van der Waals surface area contributed by atoms with E-state index in [0.717, 1.165) is 31.7 Å². The van der Waals surface area contributed by atoms with Gasteiger partial charge in [0.05, 0.1) is 0 Å². The summed E-state index contributed by atoms with van der Waals surface area (Å²) in [6.07, 6.45) is 1.99. The molecule has 0 amide bonds. The Labute approximate surface area is 121 Å². The van der Waals surface area contributed by atoms with Crippen molar-refractivity contribution in [3.05, 3.63) is 0 Å². The first-order chi connectivity index (χ1) is 8.54. The highest BCUT2D eigenvalue weighted by molar-refractivity contribution is 6.72. The molecule has 0 aliphatic rings. The van der Waals surface area contributed by atoms with Crippen molar-refractivity contribution in [1.29, 1.82) is 0 Å². The monoisotopic (exact) mass is 306 g/mol. The highest BCUT2D eigenvalue weighted by Gasteiger charge is 2.36. The molecule has 0 unspecified atom stereocenters. The third kappa shape index (κ3) is 9.75. The van der Waals surface area contributed by atoms with Crippen molar-refractivity contribution >= 4 is 16.6 Å². The maximum atomic E-state index is 6.31. The Bertz CT molecular complexity index is 235. The second kappa shape index (κ2) is 7.90. The number of nitrogens with one attached hydrogen (secondary N) is 1. The predicted octanol–water partition coefficient (Wildman–Crippen LogP) is 2.66. The van der Waals surface area contributed by atoms with E-state index in [0.29, 0.717) is 0 Å². The van der Waals surface area contributed by atoms with Crippen molar-refractivity contribution in [3.8, 4) is 0 Å². The summed E-state index contributed by atoms with van der Waals surface area (Å²) in [6, 6.07) is 1.09. The molecule has 0 radical (unpaired) electrons. The Morgan fingerprint density at radius 2 is 1.58 bits per heavy atom. The van der Waals surface area contributed by atoms with Crippen LogP contribution in [-0.2, 0) is 8.85 Å². The number of nitrogens with two attached hydrogens (primary N) is 1. The van der Waals surface area contributed by atoms with Gasteiger partial charge in [0.1, 0.15) is 5.79 Å². The van der Waals surface area contributed by atoms with Gasteiger partial charge in [-0.1, -0.05) is 6.92 Å². The SMILES string of the molecule is CCNC[Si](C)(C)OC(C)(C)O[Si](C)(C)CCCN. The highest BCUT2D eigenvalue weighted by Crippen LogP contribution is 2.25. The molecule has 0 rings (SSSR count). The van der Waals surface area contributed by atoms with E-state index in [2.05, 4.69) is 38.4 Å². The fourth-order valence-corrected chi connectivity index (χ4v) is 7.30. The Balaban J connectivity index is 4.44. The second-order valence-corrected chi connectivity index (χ2v) is 15.1. The molecule has 0 bridgehead atoms. The van der Waals surface area contributed by atoms with Crippen LogP contribution in [0.1, 0.15) is 27.2 Å². The Hall–Kier alpha value is 0.274. The molecule has 3 N–H and O–H groups in total. The van der Waals surface area contributed by atoms with Crippen LogP contribution in [0, 0.1) is 0 Å². The lowest BCUT2D eigenvalue weighted by Gasteiger charge is -2.40. The van der Waals surface area contributed by atoms with Gasteiger partial charge in [0.25, 0.3) is 0 Å². The average molecular weight is 307 g/mol. The van der Waals surface area contributed by atoms with Crippen molar-refractivity contribution in [1.82, 2.24) is 5.32 Å². The van der Waals surface area contributed by atoms with Gasteiger partial charge >= 0.3 is 0 Å². The topological polar surface area (TPSA) is 56.5 Å². The van der Waals surface area contributed by atoms with Gasteiger partial charge in [-0.15, -0.1) is 0 Å². The first kappa shape index (κ1) is 19.3. The summed E-state index contributed by atoms with van der Waals surface area (Å²) in [5.74, 6) is -0.491. The van der Waals surface area contributed by atoms with Crippen LogP contribution in [-0.4, -0.2) is 41.7 Å². The zero-order valence-electron chi connectivity index (χ0n) is 13.9. The van der Waals surface area contributed by atoms with E-state index in [1.54, 1.807) is 0 Å². The van der Waals surface area contributed by atoms with Crippen molar-refractivity contribution in [2.45, 2.75) is 65.2 Å². The minimum Gasteiger partial charge on any atom is -0.392 e. The van der Waals surface area contributed by atoms with Crippen LogP contribution in [0.25, 0.3) is 0 Å². The van der Waals surface area contributed by atoms with Crippen molar-refractivity contribution in [2.75, 3.05) is 19.3 Å². The van der Waals surface area contributed by atoms with Gasteiger partial charge in [-0.25, -0.2) is 0 Å². The lowest BCUT2D eigenvalue weighted by molar-refractivity contribution is -0.0964. The molecule has 0 heterocycles. The van der Waals surface area contributed by atoms with E-state index in [9.17, 15) is 0 Å². The lowest BCUT2D eigenvalue weighted by atomic mass is 10.4. The van der Waals surface area contributed by atoms with Crippen molar-refractivity contribution in [3.63, 3.8) is 0 Å². The molecular formula is C13H34N2O2Si2. The van der Waals surface area contributed by atoms with E-state index < -0.39 is 22.4 Å². The van der Waals surface area contributed by atoms with Crippen LogP contribution in [0.3, 0.4) is 0 Å². The summed E-state index contributed by atoms with van der Waals surface area (Å²) < 4.78 is 12.6. The van der Waals surface area contributed by atoms with Gasteiger partial charge < -0.3 is 19.9 Å². The average Bonchev–Trinajstić information content (AvgIpc) is 2.20. The van der Waals surface area contributed by atoms with Gasteiger partial charge in [-0.05, 0) is 65.6 Å². The fraction of sp³-hybridized carbons (Fsp3) is 1.00. The first-order valence-corrected chi connectivity index (χ1v) is 13.6. The molecule has 0 fully saturated rings. The van der Waals surface area contributed by atoms with Crippen LogP contribution in [0.2, 0.25) is 32.2 Å². The maximum absolute atomic E-state index is 6.31. The first-order valence-electron chi connectivity index (χ1n) is 7.35. The molecule has 0 aromatic carbocycles. The van der Waals surface area contributed by atoms with Crippen LogP contribution in [0.4, 0.5) is 0 Å². The van der Waals surface area contributed by atoms with Gasteiger partial charge in [-0.3, -0.25) is 0 Å². The zero-order chi connectivity index (χ0) is 15.2. The normalized spacial score (nSPS) is 13.9. The van der Waals surface area contributed by atoms with E-state index in [1.165, 1.54) is 0 Å². The molecule has 19 heavy (non-hydrogen) atoms. The van der Waals surface area contributed by atoms with Crippen LogP contribution in [0.15, 0.2) is 0 Å². The summed E-state index contributed by atoms with van der Waals surface area (Å²) in [4.78, 5) is 0. The summed E-state index contributed by atoms with van der Waals surface area (Å²) in [5, 5.41) is 3.38. The molecule has 0 saturated heterocycles. The molecular weight excluding hydrogens is 272 g/mol. The molecule has 0 atom stereocenters. The van der Waals surface area contributed by atoms with Crippen molar-refractivity contribution < 1.29 is 8.85 Å². The predicted molar refractivity (Wildman–Crippen MR) is 88.2 cm³/mol. The third-order valence-electron chi connectivity index (χ3n) is 2.83.